The minimum atomic E-state index is -0.457. The second-order valence-corrected chi connectivity index (χ2v) is 6.98. The molecular weight excluding hydrogens is 246 g/mol. The molecule has 0 radical (unpaired) electrons. The van der Waals surface area contributed by atoms with Gasteiger partial charge in [-0.05, 0) is 43.5 Å². The Morgan fingerprint density at radius 1 is 1.00 bits per heavy atom. The van der Waals surface area contributed by atoms with Crippen LogP contribution in [-0.4, -0.2) is 29.6 Å². The lowest BCUT2D eigenvalue weighted by Crippen LogP contribution is -2.48. The van der Waals surface area contributed by atoms with Gasteiger partial charge in [0.15, 0.2) is 0 Å². The van der Waals surface area contributed by atoms with Crippen LogP contribution >= 0.6 is 0 Å². The molecule has 0 bridgehead atoms. The number of nitrogens with zero attached hydrogens (tertiary/aromatic N) is 1. The van der Waals surface area contributed by atoms with E-state index in [-0.39, 0.29) is 11.0 Å². The van der Waals surface area contributed by atoms with E-state index >= 15 is 0 Å². The molecule has 0 aliphatic heterocycles. The van der Waals surface area contributed by atoms with E-state index in [1.54, 1.807) is 0 Å². The Kier molecular flexibility index (Phi) is 5.39. The zero-order valence-electron chi connectivity index (χ0n) is 14.2. The van der Waals surface area contributed by atoms with Gasteiger partial charge in [-0.15, -0.1) is 0 Å². The molecule has 0 heterocycles. The standard InChI is InChI=1S/C18H31NO/c1-8-18(9-2,19(6)7)16(20)14-10-12-15(13-11-14)17(3,4)5/h10-13,16,20H,8-9H2,1-7H3. The van der Waals surface area contributed by atoms with Crippen molar-refractivity contribution in [3.63, 3.8) is 0 Å². The average Bonchev–Trinajstić information content (AvgIpc) is 2.39. The molecular formula is C18H31NO. The molecule has 0 spiro atoms. The summed E-state index contributed by atoms with van der Waals surface area (Å²) < 4.78 is 0. The van der Waals surface area contributed by atoms with E-state index in [1.807, 2.05) is 0 Å². The summed E-state index contributed by atoms with van der Waals surface area (Å²) in [5.41, 5.74) is 2.27. The third kappa shape index (κ3) is 3.24. The van der Waals surface area contributed by atoms with Crippen molar-refractivity contribution in [1.82, 2.24) is 4.90 Å². The molecule has 2 nitrogen and oxygen atoms in total. The smallest absolute Gasteiger partial charge is 0.0973 e. The Labute approximate surface area is 124 Å². The van der Waals surface area contributed by atoms with Crippen molar-refractivity contribution >= 4 is 0 Å². The molecule has 0 aliphatic carbocycles. The summed E-state index contributed by atoms with van der Waals surface area (Å²) in [7, 11) is 4.11. The van der Waals surface area contributed by atoms with Crippen LogP contribution in [0.5, 0.6) is 0 Å². The minimum absolute atomic E-state index is 0.150. The highest BCUT2D eigenvalue weighted by molar-refractivity contribution is 5.30. The maximum Gasteiger partial charge on any atom is 0.0973 e. The topological polar surface area (TPSA) is 23.5 Å². The summed E-state index contributed by atoms with van der Waals surface area (Å²) in [5, 5.41) is 10.9. The summed E-state index contributed by atoms with van der Waals surface area (Å²) in [6.07, 6.45) is 1.40. The van der Waals surface area contributed by atoms with E-state index in [1.165, 1.54) is 5.56 Å². The van der Waals surface area contributed by atoms with Gasteiger partial charge in [0.2, 0.25) is 0 Å². The Morgan fingerprint density at radius 2 is 1.45 bits per heavy atom. The number of rotatable bonds is 5. The van der Waals surface area contributed by atoms with Gasteiger partial charge in [0.05, 0.1) is 6.10 Å². The van der Waals surface area contributed by atoms with Crippen LogP contribution in [0.1, 0.15) is 64.7 Å². The van der Waals surface area contributed by atoms with E-state index in [4.69, 9.17) is 0 Å². The molecule has 20 heavy (non-hydrogen) atoms. The average molecular weight is 277 g/mol. The van der Waals surface area contributed by atoms with Crippen LogP contribution in [0.3, 0.4) is 0 Å². The van der Waals surface area contributed by atoms with E-state index < -0.39 is 6.10 Å². The third-order valence-corrected chi connectivity index (χ3v) is 4.72. The Balaban J connectivity index is 3.11. The highest BCUT2D eigenvalue weighted by Crippen LogP contribution is 2.36. The normalized spacial score (nSPS) is 14.7. The van der Waals surface area contributed by atoms with Crippen LogP contribution in [-0.2, 0) is 5.41 Å². The molecule has 0 aromatic heterocycles. The molecule has 1 aromatic rings. The van der Waals surface area contributed by atoms with Crippen molar-refractivity contribution in [3.05, 3.63) is 35.4 Å². The number of benzene rings is 1. The predicted molar refractivity (Wildman–Crippen MR) is 87.1 cm³/mol. The lowest BCUT2D eigenvalue weighted by atomic mass is 9.80. The second-order valence-electron chi connectivity index (χ2n) is 6.98. The van der Waals surface area contributed by atoms with Crippen LogP contribution in [0.2, 0.25) is 0 Å². The van der Waals surface area contributed by atoms with Gasteiger partial charge < -0.3 is 10.0 Å². The molecule has 1 rings (SSSR count). The van der Waals surface area contributed by atoms with Gasteiger partial charge in [-0.1, -0.05) is 58.9 Å². The molecule has 1 aromatic carbocycles. The lowest BCUT2D eigenvalue weighted by Gasteiger charge is -2.43. The fourth-order valence-corrected chi connectivity index (χ4v) is 2.99. The quantitative estimate of drug-likeness (QED) is 0.874. The van der Waals surface area contributed by atoms with Crippen LogP contribution in [0, 0.1) is 0 Å². The van der Waals surface area contributed by atoms with Gasteiger partial charge in [-0.2, -0.15) is 0 Å². The van der Waals surface area contributed by atoms with Crippen molar-refractivity contribution in [3.8, 4) is 0 Å². The van der Waals surface area contributed by atoms with E-state index in [9.17, 15) is 5.11 Å². The Bertz CT molecular complexity index is 410. The number of likely N-dealkylation sites (N-methyl/N-ethyl adjacent to an activating group) is 1. The molecule has 0 amide bonds. The highest BCUT2D eigenvalue weighted by atomic mass is 16.3. The van der Waals surface area contributed by atoms with Crippen molar-refractivity contribution in [2.75, 3.05) is 14.1 Å². The fraction of sp³-hybridized carbons (Fsp3) is 0.667. The molecule has 1 N–H and O–H groups in total. The van der Waals surface area contributed by atoms with Gasteiger partial charge in [0.1, 0.15) is 0 Å². The largest absolute Gasteiger partial charge is 0.386 e. The summed E-state index contributed by atoms with van der Waals surface area (Å²) in [4.78, 5) is 2.16. The van der Waals surface area contributed by atoms with E-state index in [0.29, 0.717) is 0 Å². The van der Waals surface area contributed by atoms with Gasteiger partial charge in [0, 0.05) is 5.54 Å². The predicted octanol–water partition coefficient (Wildman–Crippen LogP) is 4.14. The monoisotopic (exact) mass is 277 g/mol. The maximum absolute atomic E-state index is 10.9. The van der Waals surface area contributed by atoms with Crippen LogP contribution in [0.15, 0.2) is 24.3 Å². The van der Waals surface area contributed by atoms with E-state index in [2.05, 4.69) is 77.9 Å². The first kappa shape index (κ1) is 17.2. The molecule has 2 heteroatoms. The number of hydrogen-bond acceptors (Lipinski definition) is 2. The van der Waals surface area contributed by atoms with Crippen LogP contribution in [0.4, 0.5) is 0 Å². The Morgan fingerprint density at radius 3 is 1.75 bits per heavy atom. The second kappa shape index (κ2) is 6.28. The number of aliphatic hydroxyl groups is 1. The molecule has 0 saturated heterocycles. The minimum Gasteiger partial charge on any atom is -0.386 e. The first-order chi connectivity index (χ1) is 9.19. The van der Waals surface area contributed by atoms with E-state index in [0.717, 1.165) is 18.4 Å². The molecule has 0 aliphatic rings. The summed E-state index contributed by atoms with van der Waals surface area (Å²) in [6.45, 7) is 10.9. The van der Waals surface area contributed by atoms with Crippen LogP contribution < -0.4 is 0 Å². The number of aliphatic hydroxyl groups excluding tert-OH is 1. The molecule has 1 unspecified atom stereocenters. The molecule has 0 fully saturated rings. The maximum atomic E-state index is 10.9. The first-order valence-electron chi connectivity index (χ1n) is 7.65. The summed E-state index contributed by atoms with van der Waals surface area (Å²) in [6, 6.07) is 8.44. The van der Waals surface area contributed by atoms with Gasteiger partial charge in [0.25, 0.3) is 0 Å². The molecule has 1 atom stereocenters. The highest BCUT2D eigenvalue weighted by Gasteiger charge is 2.37. The van der Waals surface area contributed by atoms with Crippen molar-refractivity contribution < 1.29 is 5.11 Å². The third-order valence-electron chi connectivity index (χ3n) is 4.72. The van der Waals surface area contributed by atoms with Crippen molar-refractivity contribution in [2.45, 2.75) is 64.5 Å². The van der Waals surface area contributed by atoms with Crippen molar-refractivity contribution in [2.24, 2.45) is 0 Å². The SMILES string of the molecule is CCC(CC)(C(O)c1ccc(C(C)(C)C)cc1)N(C)C. The van der Waals surface area contributed by atoms with Gasteiger partial charge in [-0.25, -0.2) is 0 Å². The van der Waals surface area contributed by atoms with Gasteiger partial charge >= 0.3 is 0 Å². The molecule has 114 valence electrons. The number of hydrogen-bond donors (Lipinski definition) is 1. The fourth-order valence-electron chi connectivity index (χ4n) is 2.99. The molecule has 0 saturated carbocycles. The zero-order chi connectivity index (χ0) is 15.6. The summed E-state index contributed by atoms with van der Waals surface area (Å²) in [5.74, 6) is 0. The van der Waals surface area contributed by atoms with Gasteiger partial charge in [-0.3, -0.25) is 0 Å². The lowest BCUT2D eigenvalue weighted by molar-refractivity contribution is -0.0149. The first-order valence-corrected chi connectivity index (χ1v) is 7.65. The van der Waals surface area contributed by atoms with Crippen LogP contribution in [0.25, 0.3) is 0 Å². The van der Waals surface area contributed by atoms with Crippen molar-refractivity contribution in [1.29, 1.82) is 0 Å². The zero-order valence-corrected chi connectivity index (χ0v) is 14.2. The Hall–Kier alpha value is -0.860. The summed E-state index contributed by atoms with van der Waals surface area (Å²) >= 11 is 0.